The van der Waals surface area contributed by atoms with Crippen LogP contribution in [0.2, 0.25) is 0 Å². The lowest BCUT2D eigenvalue weighted by atomic mass is 10.1. The molecule has 25 heavy (non-hydrogen) atoms. The van der Waals surface area contributed by atoms with Crippen LogP contribution in [-0.2, 0) is 16.0 Å². The molecule has 1 aliphatic rings. The van der Waals surface area contributed by atoms with Gasteiger partial charge in [0.05, 0.1) is 21.3 Å². The summed E-state index contributed by atoms with van der Waals surface area (Å²) in [6, 6.07) is 13.1. The smallest absolute Gasteiger partial charge is 0.338 e. The number of amides is 1. The van der Waals surface area contributed by atoms with Gasteiger partial charge in [-0.1, -0.05) is 18.2 Å². The minimum Gasteiger partial charge on any atom is -0.452 e. The lowest BCUT2D eigenvalue weighted by Crippen LogP contribution is -2.38. The zero-order valence-electron chi connectivity index (χ0n) is 13.6. The van der Waals surface area contributed by atoms with Gasteiger partial charge in [0.15, 0.2) is 6.61 Å². The fourth-order valence-electron chi connectivity index (χ4n) is 3.21. The van der Waals surface area contributed by atoms with Crippen molar-refractivity contribution < 1.29 is 14.3 Å². The molecular weight excluding hydrogens is 336 g/mol. The summed E-state index contributed by atoms with van der Waals surface area (Å²) >= 11 is 1.46. The third-order valence-corrected chi connectivity index (χ3v) is 5.16. The molecule has 0 aliphatic carbocycles. The maximum absolute atomic E-state index is 12.6. The zero-order chi connectivity index (χ0) is 17.4. The number of ether oxygens (including phenoxy) is 1. The second-order valence-corrected chi connectivity index (χ2v) is 6.94. The predicted octanol–water partition coefficient (Wildman–Crippen LogP) is 3.43. The molecule has 0 N–H and O–H groups in total. The first-order valence-electron chi connectivity index (χ1n) is 8.04. The molecule has 1 aromatic heterocycles. The number of fused-ring (bicyclic) bond motifs is 2. The van der Waals surface area contributed by atoms with Crippen molar-refractivity contribution in [1.82, 2.24) is 4.98 Å². The first kappa shape index (κ1) is 15.8. The molecule has 0 bridgehead atoms. The van der Waals surface area contributed by atoms with Gasteiger partial charge in [0.2, 0.25) is 0 Å². The van der Waals surface area contributed by atoms with Crippen molar-refractivity contribution in [3.63, 3.8) is 0 Å². The standard InChI is InChI=1S/C19H16N2O3S/c1-12-8-13-4-2-3-5-16(13)21(12)18(22)10-24-19(23)14-6-7-15-17(9-14)25-11-20-15/h2-7,9,11-12H,8,10H2,1H3. The van der Waals surface area contributed by atoms with E-state index in [9.17, 15) is 9.59 Å². The number of benzene rings is 2. The summed E-state index contributed by atoms with van der Waals surface area (Å²) in [6.45, 7) is 1.73. The summed E-state index contributed by atoms with van der Waals surface area (Å²) in [6.07, 6.45) is 0.817. The summed E-state index contributed by atoms with van der Waals surface area (Å²) < 4.78 is 6.16. The van der Waals surface area contributed by atoms with Crippen molar-refractivity contribution in [1.29, 1.82) is 0 Å². The van der Waals surface area contributed by atoms with E-state index in [1.165, 1.54) is 11.3 Å². The molecular formula is C19H16N2O3S. The molecule has 4 rings (SSSR count). The van der Waals surface area contributed by atoms with Crippen molar-refractivity contribution in [2.75, 3.05) is 11.5 Å². The van der Waals surface area contributed by atoms with Crippen LogP contribution in [-0.4, -0.2) is 29.5 Å². The second kappa shape index (κ2) is 6.29. The number of esters is 1. The number of para-hydroxylation sites is 1. The molecule has 6 heteroatoms. The summed E-state index contributed by atoms with van der Waals surface area (Å²) in [5.74, 6) is -0.701. The number of carbonyl (C=O) groups excluding carboxylic acids is 2. The molecule has 0 saturated heterocycles. The quantitative estimate of drug-likeness (QED) is 0.678. The number of thiazole rings is 1. The van der Waals surface area contributed by atoms with Gasteiger partial charge in [0.25, 0.3) is 5.91 Å². The van der Waals surface area contributed by atoms with Gasteiger partial charge in [0.1, 0.15) is 0 Å². The van der Waals surface area contributed by atoms with Gasteiger partial charge in [0, 0.05) is 11.7 Å². The number of anilines is 1. The summed E-state index contributed by atoms with van der Waals surface area (Å²) in [5, 5.41) is 0. The molecule has 0 radical (unpaired) electrons. The molecule has 2 aromatic carbocycles. The van der Waals surface area contributed by atoms with E-state index in [1.807, 2.05) is 31.2 Å². The van der Waals surface area contributed by atoms with Crippen LogP contribution < -0.4 is 4.90 Å². The van der Waals surface area contributed by atoms with E-state index in [1.54, 1.807) is 28.6 Å². The summed E-state index contributed by atoms with van der Waals surface area (Å²) in [4.78, 5) is 30.7. The van der Waals surface area contributed by atoms with Crippen molar-refractivity contribution in [2.45, 2.75) is 19.4 Å². The Kier molecular flexibility index (Phi) is 3.97. The highest BCUT2D eigenvalue weighted by Gasteiger charge is 2.31. The third kappa shape index (κ3) is 2.89. The molecule has 1 aliphatic heterocycles. The van der Waals surface area contributed by atoms with E-state index in [-0.39, 0.29) is 18.6 Å². The van der Waals surface area contributed by atoms with Crippen LogP contribution in [0.3, 0.4) is 0 Å². The number of rotatable bonds is 3. The number of carbonyl (C=O) groups is 2. The van der Waals surface area contributed by atoms with E-state index in [0.29, 0.717) is 5.56 Å². The Hall–Kier alpha value is -2.73. The number of hydrogen-bond acceptors (Lipinski definition) is 5. The van der Waals surface area contributed by atoms with E-state index in [0.717, 1.165) is 27.9 Å². The Bertz CT molecular complexity index is 966. The molecule has 1 unspecified atom stereocenters. The number of aromatic nitrogens is 1. The molecule has 0 spiro atoms. The topological polar surface area (TPSA) is 59.5 Å². The van der Waals surface area contributed by atoms with Crippen molar-refractivity contribution >= 4 is 39.1 Å². The molecule has 0 fully saturated rings. The van der Waals surface area contributed by atoms with Crippen molar-refractivity contribution in [3.8, 4) is 0 Å². The fraction of sp³-hybridized carbons (Fsp3) is 0.211. The molecule has 5 nitrogen and oxygen atoms in total. The minimum absolute atomic E-state index is 0.0668. The summed E-state index contributed by atoms with van der Waals surface area (Å²) in [5.41, 5.74) is 5.06. The average molecular weight is 352 g/mol. The van der Waals surface area contributed by atoms with Crippen LogP contribution in [0.4, 0.5) is 5.69 Å². The first-order valence-corrected chi connectivity index (χ1v) is 8.92. The largest absolute Gasteiger partial charge is 0.452 e. The Balaban J connectivity index is 1.45. The maximum Gasteiger partial charge on any atom is 0.338 e. The number of hydrogen-bond donors (Lipinski definition) is 0. The molecule has 3 aromatic rings. The highest BCUT2D eigenvalue weighted by molar-refractivity contribution is 7.16. The lowest BCUT2D eigenvalue weighted by Gasteiger charge is -2.22. The van der Waals surface area contributed by atoms with Crippen LogP contribution in [0, 0.1) is 0 Å². The SMILES string of the molecule is CC1Cc2ccccc2N1C(=O)COC(=O)c1ccc2ncsc2c1. The summed E-state index contributed by atoms with van der Waals surface area (Å²) in [7, 11) is 0. The van der Waals surface area contributed by atoms with Gasteiger partial charge in [-0.25, -0.2) is 9.78 Å². The Morgan fingerprint density at radius 3 is 3.00 bits per heavy atom. The van der Waals surface area contributed by atoms with Crippen LogP contribution >= 0.6 is 11.3 Å². The normalized spacial score (nSPS) is 16.0. The van der Waals surface area contributed by atoms with E-state index in [4.69, 9.17) is 4.74 Å². The van der Waals surface area contributed by atoms with Gasteiger partial charge < -0.3 is 9.64 Å². The monoisotopic (exact) mass is 352 g/mol. The molecule has 1 amide bonds. The highest BCUT2D eigenvalue weighted by Crippen LogP contribution is 2.31. The molecule has 0 saturated carbocycles. The average Bonchev–Trinajstić information content (AvgIpc) is 3.21. The zero-order valence-corrected chi connectivity index (χ0v) is 14.5. The molecule has 126 valence electrons. The van der Waals surface area contributed by atoms with Crippen LogP contribution in [0.25, 0.3) is 10.2 Å². The minimum atomic E-state index is -0.496. The third-order valence-electron chi connectivity index (χ3n) is 4.37. The van der Waals surface area contributed by atoms with Crippen LogP contribution in [0.15, 0.2) is 48.0 Å². The Morgan fingerprint density at radius 1 is 1.28 bits per heavy atom. The van der Waals surface area contributed by atoms with Gasteiger partial charge in [-0.15, -0.1) is 11.3 Å². The number of nitrogens with zero attached hydrogens (tertiary/aromatic N) is 2. The van der Waals surface area contributed by atoms with Crippen LogP contribution in [0.1, 0.15) is 22.8 Å². The maximum atomic E-state index is 12.6. The van der Waals surface area contributed by atoms with Gasteiger partial charge in [-0.05, 0) is 43.2 Å². The molecule has 1 atom stereocenters. The predicted molar refractivity (Wildman–Crippen MR) is 97.0 cm³/mol. The second-order valence-electron chi connectivity index (χ2n) is 6.06. The van der Waals surface area contributed by atoms with E-state index >= 15 is 0 Å². The van der Waals surface area contributed by atoms with E-state index < -0.39 is 5.97 Å². The lowest BCUT2D eigenvalue weighted by molar-refractivity contribution is -0.122. The Morgan fingerprint density at radius 2 is 2.12 bits per heavy atom. The fourth-order valence-corrected chi connectivity index (χ4v) is 3.92. The Labute approximate surface area is 148 Å². The van der Waals surface area contributed by atoms with Crippen LogP contribution in [0.5, 0.6) is 0 Å². The first-order chi connectivity index (χ1) is 12.1. The van der Waals surface area contributed by atoms with Gasteiger partial charge in [-0.3, -0.25) is 4.79 Å². The van der Waals surface area contributed by atoms with Gasteiger partial charge >= 0.3 is 5.97 Å². The van der Waals surface area contributed by atoms with Crippen molar-refractivity contribution in [2.24, 2.45) is 0 Å². The van der Waals surface area contributed by atoms with Crippen molar-refractivity contribution in [3.05, 3.63) is 59.1 Å². The van der Waals surface area contributed by atoms with Gasteiger partial charge in [-0.2, -0.15) is 0 Å². The highest BCUT2D eigenvalue weighted by atomic mass is 32.1. The molecule has 2 heterocycles. The van der Waals surface area contributed by atoms with E-state index in [2.05, 4.69) is 4.98 Å².